The first-order valence-electron chi connectivity index (χ1n) is 7.05. The van der Waals surface area contributed by atoms with Crippen molar-refractivity contribution in [2.75, 3.05) is 25.0 Å². The van der Waals surface area contributed by atoms with Gasteiger partial charge < -0.3 is 15.4 Å². The molecule has 0 spiro atoms. The van der Waals surface area contributed by atoms with E-state index in [2.05, 4.69) is 26.6 Å². The number of anilines is 1. The van der Waals surface area contributed by atoms with Gasteiger partial charge in [0, 0.05) is 29.9 Å². The molecule has 20 heavy (non-hydrogen) atoms. The van der Waals surface area contributed by atoms with Crippen LogP contribution in [0.25, 0.3) is 0 Å². The summed E-state index contributed by atoms with van der Waals surface area (Å²) < 4.78 is 6.56. The number of rotatable bonds is 5. The van der Waals surface area contributed by atoms with Crippen LogP contribution in [-0.2, 0) is 9.53 Å². The monoisotopic (exact) mass is 340 g/mol. The minimum absolute atomic E-state index is 0.00498. The molecule has 0 radical (unpaired) electrons. The van der Waals surface area contributed by atoms with E-state index in [1.54, 1.807) is 0 Å². The highest BCUT2D eigenvalue weighted by molar-refractivity contribution is 9.10. The maximum atomic E-state index is 12.0. The van der Waals surface area contributed by atoms with Crippen LogP contribution in [0.2, 0.25) is 0 Å². The smallest absolute Gasteiger partial charge is 0.225 e. The topological polar surface area (TPSA) is 50.4 Å². The normalized spacial score (nSPS) is 22.3. The number of ether oxygens (including phenoxy) is 1. The van der Waals surface area contributed by atoms with Crippen LogP contribution < -0.4 is 10.6 Å². The standard InChI is InChI=1S/C15H21BrN2O2/c1-11-14(6-3-9-20-11)15(19)18-8-7-17-13-5-2-4-12(16)10-13/h2,4-5,10-11,14,17H,3,6-9H2,1H3,(H,18,19). The van der Waals surface area contributed by atoms with Gasteiger partial charge in [0.05, 0.1) is 12.0 Å². The van der Waals surface area contributed by atoms with Crippen LogP contribution in [-0.4, -0.2) is 31.7 Å². The van der Waals surface area contributed by atoms with Crippen molar-refractivity contribution in [3.63, 3.8) is 0 Å². The van der Waals surface area contributed by atoms with Crippen LogP contribution in [0.4, 0.5) is 5.69 Å². The van der Waals surface area contributed by atoms with E-state index in [-0.39, 0.29) is 17.9 Å². The number of nitrogens with one attached hydrogen (secondary N) is 2. The van der Waals surface area contributed by atoms with Crippen molar-refractivity contribution in [1.29, 1.82) is 0 Å². The first-order chi connectivity index (χ1) is 9.66. The third kappa shape index (κ3) is 4.49. The van der Waals surface area contributed by atoms with Crippen molar-refractivity contribution in [1.82, 2.24) is 5.32 Å². The summed E-state index contributed by atoms with van der Waals surface area (Å²) in [5, 5.41) is 6.25. The van der Waals surface area contributed by atoms with Gasteiger partial charge in [-0.1, -0.05) is 22.0 Å². The van der Waals surface area contributed by atoms with Crippen LogP contribution in [0.5, 0.6) is 0 Å². The lowest BCUT2D eigenvalue weighted by Gasteiger charge is -2.28. The highest BCUT2D eigenvalue weighted by atomic mass is 79.9. The van der Waals surface area contributed by atoms with Crippen molar-refractivity contribution >= 4 is 27.5 Å². The van der Waals surface area contributed by atoms with Crippen molar-refractivity contribution in [3.8, 4) is 0 Å². The molecule has 1 aromatic rings. The van der Waals surface area contributed by atoms with Crippen LogP contribution >= 0.6 is 15.9 Å². The summed E-state index contributed by atoms with van der Waals surface area (Å²) in [6, 6.07) is 7.98. The van der Waals surface area contributed by atoms with E-state index < -0.39 is 0 Å². The molecule has 2 N–H and O–H groups in total. The molecule has 0 bridgehead atoms. The fourth-order valence-electron chi connectivity index (χ4n) is 2.39. The second kappa shape index (κ2) is 7.64. The molecule has 2 rings (SSSR count). The lowest BCUT2D eigenvalue weighted by Crippen LogP contribution is -2.41. The Morgan fingerprint density at radius 3 is 3.05 bits per heavy atom. The Morgan fingerprint density at radius 1 is 1.45 bits per heavy atom. The first-order valence-corrected chi connectivity index (χ1v) is 7.85. The van der Waals surface area contributed by atoms with Crippen LogP contribution in [0.15, 0.2) is 28.7 Å². The molecule has 1 amide bonds. The summed E-state index contributed by atoms with van der Waals surface area (Å²) in [7, 11) is 0. The molecule has 1 fully saturated rings. The lowest BCUT2D eigenvalue weighted by atomic mass is 9.94. The van der Waals surface area contributed by atoms with Gasteiger partial charge in [0.2, 0.25) is 5.91 Å². The summed E-state index contributed by atoms with van der Waals surface area (Å²) in [5.74, 6) is 0.0999. The van der Waals surface area contributed by atoms with Crippen molar-refractivity contribution in [2.24, 2.45) is 5.92 Å². The molecule has 1 aromatic carbocycles. The fourth-order valence-corrected chi connectivity index (χ4v) is 2.79. The quantitative estimate of drug-likeness (QED) is 0.810. The Morgan fingerprint density at radius 2 is 2.30 bits per heavy atom. The minimum Gasteiger partial charge on any atom is -0.383 e. The van der Waals surface area contributed by atoms with Gasteiger partial charge in [0.15, 0.2) is 0 Å². The molecule has 0 saturated carbocycles. The number of amides is 1. The second-order valence-corrected chi connectivity index (χ2v) is 5.97. The minimum atomic E-state index is -0.00498. The lowest BCUT2D eigenvalue weighted by molar-refractivity contribution is -0.133. The Labute approximate surface area is 128 Å². The van der Waals surface area contributed by atoms with E-state index in [1.807, 2.05) is 31.2 Å². The number of carbonyl (C=O) groups is 1. The number of benzene rings is 1. The van der Waals surface area contributed by atoms with E-state index in [4.69, 9.17) is 4.74 Å². The molecule has 110 valence electrons. The van der Waals surface area contributed by atoms with E-state index in [0.29, 0.717) is 13.1 Å². The molecule has 1 saturated heterocycles. The number of carbonyl (C=O) groups excluding carboxylic acids is 1. The number of hydrogen-bond acceptors (Lipinski definition) is 3. The molecule has 1 aliphatic heterocycles. The maximum Gasteiger partial charge on any atom is 0.225 e. The Hall–Kier alpha value is -1.07. The van der Waals surface area contributed by atoms with Gasteiger partial charge in [0.25, 0.3) is 0 Å². The summed E-state index contributed by atoms with van der Waals surface area (Å²) in [5.41, 5.74) is 1.04. The third-order valence-corrected chi connectivity index (χ3v) is 4.01. The molecule has 2 atom stereocenters. The number of halogens is 1. The third-order valence-electron chi connectivity index (χ3n) is 3.52. The molecule has 1 aliphatic rings. The average Bonchev–Trinajstić information content (AvgIpc) is 2.44. The molecular formula is C15H21BrN2O2. The molecule has 0 aliphatic carbocycles. The number of hydrogen-bond donors (Lipinski definition) is 2. The SMILES string of the molecule is CC1OCCCC1C(=O)NCCNc1cccc(Br)c1. The fraction of sp³-hybridized carbons (Fsp3) is 0.533. The second-order valence-electron chi connectivity index (χ2n) is 5.05. The average molecular weight is 341 g/mol. The Kier molecular flexibility index (Phi) is 5.86. The maximum absolute atomic E-state index is 12.0. The summed E-state index contributed by atoms with van der Waals surface area (Å²) in [4.78, 5) is 12.0. The molecular weight excluding hydrogens is 320 g/mol. The van der Waals surface area contributed by atoms with Crippen molar-refractivity contribution < 1.29 is 9.53 Å². The summed E-state index contributed by atoms with van der Waals surface area (Å²) >= 11 is 3.43. The Bertz CT molecular complexity index is 453. The van der Waals surface area contributed by atoms with Crippen molar-refractivity contribution in [2.45, 2.75) is 25.9 Å². The highest BCUT2D eigenvalue weighted by Crippen LogP contribution is 2.20. The zero-order chi connectivity index (χ0) is 14.4. The first kappa shape index (κ1) is 15.3. The molecule has 0 aromatic heterocycles. The summed E-state index contributed by atoms with van der Waals surface area (Å²) in [6.45, 7) is 4.08. The molecule has 4 nitrogen and oxygen atoms in total. The van der Waals surface area contributed by atoms with Gasteiger partial charge in [-0.3, -0.25) is 4.79 Å². The van der Waals surface area contributed by atoms with E-state index in [9.17, 15) is 4.79 Å². The highest BCUT2D eigenvalue weighted by Gasteiger charge is 2.28. The van der Waals surface area contributed by atoms with Crippen LogP contribution in [0, 0.1) is 5.92 Å². The molecule has 5 heteroatoms. The van der Waals surface area contributed by atoms with Crippen molar-refractivity contribution in [3.05, 3.63) is 28.7 Å². The molecule has 1 heterocycles. The zero-order valence-electron chi connectivity index (χ0n) is 11.7. The van der Waals surface area contributed by atoms with E-state index in [0.717, 1.165) is 29.6 Å². The predicted molar refractivity (Wildman–Crippen MR) is 83.8 cm³/mol. The van der Waals surface area contributed by atoms with E-state index in [1.165, 1.54) is 0 Å². The van der Waals surface area contributed by atoms with Gasteiger partial charge in [0.1, 0.15) is 0 Å². The van der Waals surface area contributed by atoms with Gasteiger partial charge in [-0.2, -0.15) is 0 Å². The summed E-state index contributed by atoms with van der Waals surface area (Å²) in [6.07, 6.45) is 1.92. The van der Waals surface area contributed by atoms with Gasteiger partial charge in [-0.25, -0.2) is 0 Å². The van der Waals surface area contributed by atoms with Crippen LogP contribution in [0.3, 0.4) is 0 Å². The zero-order valence-corrected chi connectivity index (χ0v) is 13.3. The van der Waals surface area contributed by atoms with Gasteiger partial charge >= 0.3 is 0 Å². The van der Waals surface area contributed by atoms with Gasteiger partial charge in [-0.05, 0) is 38.0 Å². The van der Waals surface area contributed by atoms with Crippen LogP contribution in [0.1, 0.15) is 19.8 Å². The van der Waals surface area contributed by atoms with Gasteiger partial charge in [-0.15, -0.1) is 0 Å². The largest absolute Gasteiger partial charge is 0.383 e. The molecule has 2 unspecified atom stereocenters. The predicted octanol–water partition coefficient (Wildman–Crippen LogP) is 2.79. The van der Waals surface area contributed by atoms with E-state index >= 15 is 0 Å². The Balaban J connectivity index is 1.69.